The summed E-state index contributed by atoms with van der Waals surface area (Å²) < 4.78 is 0. The zero-order valence-electron chi connectivity index (χ0n) is 13.8. The molecule has 2 heteroatoms. The molecule has 7 atom stereocenters. The maximum atomic E-state index is 11.6. The fourth-order valence-electron chi connectivity index (χ4n) is 7.26. The van der Waals surface area contributed by atoms with Crippen LogP contribution in [0, 0.1) is 28.6 Å². The first-order chi connectivity index (χ1) is 9.92. The lowest BCUT2D eigenvalue weighted by molar-refractivity contribution is -0.228. The molecule has 0 saturated heterocycles. The molecule has 4 rings (SSSR count). The highest BCUT2D eigenvalue weighted by molar-refractivity contribution is 5.17. The molecule has 0 aromatic carbocycles. The maximum absolute atomic E-state index is 11.6. The average Bonchev–Trinajstić information content (AvgIpc) is 2.71. The summed E-state index contributed by atoms with van der Waals surface area (Å²) in [6.45, 7) is 4.76. The molecule has 120 valence electrons. The van der Waals surface area contributed by atoms with Crippen molar-refractivity contribution in [2.75, 3.05) is 0 Å². The molecule has 0 amide bonds. The first kappa shape index (κ1) is 14.5. The van der Waals surface area contributed by atoms with Crippen LogP contribution in [0.5, 0.6) is 0 Å². The first-order valence-electron chi connectivity index (χ1n) is 9.32. The lowest BCUT2D eigenvalue weighted by atomic mass is 9.44. The molecular formula is C19H32O2. The second kappa shape index (κ2) is 4.47. The van der Waals surface area contributed by atoms with Crippen molar-refractivity contribution in [3.05, 3.63) is 0 Å². The second-order valence-electron chi connectivity index (χ2n) is 9.22. The molecule has 4 fully saturated rings. The van der Waals surface area contributed by atoms with Gasteiger partial charge in [-0.25, -0.2) is 0 Å². The molecular weight excluding hydrogens is 260 g/mol. The minimum absolute atomic E-state index is 0.0363. The third-order valence-electron chi connectivity index (χ3n) is 8.63. The van der Waals surface area contributed by atoms with E-state index in [-0.39, 0.29) is 5.41 Å². The summed E-state index contributed by atoms with van der Waals surface area (Å²) in [4.78, 5) is 0. The fraction of sp³-hybridized carbons (Fsp3) is 1.00. The third-order valence-corrected chi connectivity index (χ3v) is 8.63. The van der Waals surface area contributed by atoms with Gasteiger partial charge in [-0.15, -0.1) is 0 Å². The Kier molecular flexibility index (Phi) is 3.09. The van der Waals surface area contributed by atoms with Crippen molar-refractivity contribution in [1.82, 2.24) is 0 Å². The standard InChI is InChI=1S/C19H32O2/c1-17-11-8-14-15(19(17,21)16(20)9-12-17)7-6-13-5-3-4-10-18(13,14)2/h13-16,20-21H,3-12H2,1-2H3/t13-,14?,15?,16?,17?,18?,19?/m1/s1. The second-order valence-corrected chi connectivity index (χ2v) is 9.22. The third kappa shape index (κ3) is 1.67. The zero-order valence-corrected chi connectivity index (χ0v) is 13.8. The van der Waals surface area contributed by atoms with Crippen molar-refractivity contribution in [3.8, 4) is 0 Å². The molecule has 2 nitrogen and oxygen atoms in total. The van der Waals surface area contributed by atoms with Crippen LogP contribution in [0.1, 0.15) is 78.1 Å². The SMILES string of the molecule is CC12CCCC[C@@H]1CCC1C2CCC2(C)CCC(O)C12O. The van der Waals surface area contributed by atoms with Crippen LogP contribution in [0.3, 0.4) is 0 Å². The summed E-state index contributed by atoms with van der Waals surface area (Å²) >= 11 is 0. The number of fused-ring (bicyclic) bond motifs is 5. The van der Waals surface area contributed by atoms with Crippen LogP contribution in [-0.4, -0.2) is 21.9 Å². The van der Waals surface area contributed by atoms with E-state index in [1.165, 1.54) is 38.5 Å². The van der Waals surface area contributed by atoms with E-state index in [0.717, 1.165) is 31.6 Å². The average molecular weight is 292 g/mol. The van der Waals surface area contributed by atoms with Crippen molar-refractivity contribution < 1.29 is 10.2 Å². The fourth-order valence-corrected chi connectivity index (χ4v) is 7.26. The summed E-state index contributed by atoms with van der Waals surface area (Å²) in [5.41, 5.74) is -0.409. The Morgan fingerprint density at radius 2 is 1.57 bits per heavy atom. The summed E-state index contributed by atoms with van der Waals surface area (Å²) in [6, 6.07) is 0. The van der Waals surface area contributed by atoms with Gasteiger partial charge in [0, 0.05) is 0 Å². The van der Waals surface area contributed by atoms with Crippen LogP contribution in [0.4, 0.5) is 0 Å². The summed E-state index contributed by atoms with van der Waals surface area (Å²) in [5.74, 6) is 1.86. The molecule has 21 heavy (non-hydrogen) atoms. The van der Waals surface area contributed by atoms with Crippen LogP contribution >= 0.6 is 0 Å². The van der Waals surface area contributed by atoms with Crippen molar-refractivity contribution in [3.63, 3.8) is 0 Å². The lowest BCUT2D eigenvalue weighted by Crippen LogP contribution is -2.64. The number of hydrogen-bond acceptors (Lipinski definition) is 2. The van der Waals surface area contributed by atoms with Gasteiger partial charge in [0.25, 0.3) is 0 Å². The number of hydrogen-bond donors (Lipinski definition) is 2. The van der Waals surface area contributed by atoms with Gasteiger partial charge >= 0.3 is 0 Å². The summed E-state index contributed by atoms with van der Waals surface area (Å²) in [7, 11) is 0. The lowest BCUT2D eigenvalue weighted by Gasteiger charge is -2.63. The van der Waals surface area contributed by atoms with Crippen molar-refractivity contribution in [2.24, 2.45) is 28.6 Å². The smallest absolute Gasteiger partial charge is 0.0989 e. The Bertz CT molecular complexity index is 435. The molecule has 0 aromatic rings. The minimum atomic E-state index is -0.804. The van der Waals surface area contributed by atoms with Crippen LogP contribution in [0.15, 0.2) is 0 Å². The molecule has 4 aliphatic carbocycles. The highest BCUT2D eigenvalue weighted by Gasteiger charge is 2.67. The van der Waals surface area contributed by atoms with Gasteiger partial charge in [0.2, 0.25) is 0 Å². The van der Waals surface area contributed by atoms with E-state index in [1.54, 1.807) is 0 Å². The highest BCUT2D eigenvalue weighted by atomic mass is 16.3. The van der Waals surface area contributed by atoms with Crippen molar-refractivity contribution >= 4 is 0 Å². The Hall–Kier alpha value is -0.0800. The molecule has 0 heterocycles. The van der Waals surface area contributed by atoms with Gasteiger partial charge in [-0.05, 0) is 80.0 Å². The number of rotatable bonds is 0. The topological polar surface area (TPSA) is 40.5 Å². The normalized spacial score (nSPS) is 60.0. The molecule has 0 bridgehead atoms. The molecule has 4 aliphatic rings. The van der Waals surface area contributed by atoms with E-state index >= 15 is 0 Å². The van der Waals surface area contributed by atoms with E-state index in [9.17, 15) is 10.2 Å². The molecule has 0 spiro atoms. The summed E-state index contributed by atoms with van der Waals surface area (Å²) in [5, 5.41) is 22.2. The van der Waals surface area contributed by atoms with E-state index < -0.39 is 11.7 Å². The predicted molar refractivity (Wildman–Crippen MR) is 83.8 cm³/mol. The molecule has 0 aliphatic heterocycles. The van der Waals surface area contributed by atoms with Crippen LogP contribution < -0.4 is 0 Å². The van der Waals surface area contributed by atoms with E-state index in [4.69, 9.17) is 0 Å². The number of aliphatic hydroxyl groups excluding tert-OH is 1. The quantitative estimate of drug-likeness (QED) is 0.711. The Morgan fingerprint density at radius 3 is 2.38 bits per heavy atom. The van der Waals surface area contributed by atoms with E-state index in [0.29, 0.717) is 17.3 Å². The molecule has 4 saturated carbocycles. The van der Waals surface area contributed by atoms with Gasteiger partial charge in [0.1, 0.15) is 0 Å². The zero-order chi connectivity index (χ0) is 14.9. The highest BCUT2D eigenvalue weighted by Crippen LogP contribution is 2.67. The van der Waals surface area contributed by atoms with Crippen LogP contribution in [-0.2, 0) is 0 Å². The minimum Gasteiger partial charge on any atom is -0.390 e. The molecule has 0 radical (unpaired) electrons. The van der Waals surface area contributed by atoms with Gasteiger partial charge in [0.05, 0.1) is 11.7 Å². The van der Waals surface area contributed by atoms with Gasteiger partial charge in [-0.3, -0.25) is 0 Å². The van der Waals surface area contributed by atoms with Crippen molar-refractivity contribution in [2.45, 2.75) is 89.8 Å². The predicted octanol–water partition coefficient (Wildman–Crippen LogP) is 3.90. The Morgan fingerprint density at radius 1 is 0.810 bits per heavy atom. The van der Waals surface area contributed by atoms with Crippen LogP contribution in [0.2, 0.25) is 0 Å². The van der Waals surface area contributed by atoms with Gasteiger partial charge in [-0.1, -0.05) is 26.7 Å². The van der Waals surface area contributed by atoms with Gasteiger partial charge < -0.3 is 10.2 Å². The van der Waals surface area contributed by atoms with E-state index in [2.05, 4.69) is 13.8 Å². The largest absolute Gasteiger partial charge is 0.390 e. The van der Waals surface area contributed by atoms with Crippen LogP contribution in [0.25, 0.3) is 0 Å². The molecule has 0 aromatic heterocycles. The summed E-state index contributed by atoms with van der Waals surface area (Å²) in [6.07, 6.45) is 11.7. The Labute approximate surface area is 129 Å². The number of aliphatic hydroxyl groups is 2. The molecule has 2 N–H and O–H groups in total. The van der Waals surface area contributed by atoms with Crippen molar-refractivity contribution in [1.29, 1.82) is 0 Å². The van der Waals surface area contributed by atoms with Gasteiger partial charge in [-0.2, -0.15) is 0 Å². The van der Waals surface area contributed by atoms with E-state index in [1.807, 2.05) is 0 Å². The van der Waals surface area contributed by atoms with Gasteiger partial charge in [0.15, 0.2) is 0 Å². The first-order valence-corrected chi connectivity index (χ1v) is 9.32. The monoisotopic (exact) mass is 292 g/mol. The maximum Gasteiger partial charge on any atom is 0.0989 e. The molecule has 6 unspecified atom stereocenters. The Balaban J connectivity index is 1.72.